The van der Waals surface area contributed by atoms with E-state index in [0.29, 0.717) is 17.3 Å². The van der Waals surface area contributed by atoms with Crippen LogP contribution in [0.25, 0.3) is 0 Å². The summed E-state index contributed by atoms with van der Waals surface area (Å²) >= 11 is 5.95. The lowest BCUT2D eigenvalue weighted by Gasteiger charge is -2.28. The van der Waals surface area contributed by atoms with Crippen LogP contribution in [0.4, 0.5) is 0 Å². The molecule has 0 saturated carbocycles. The Morgan fingerprint density at radius 3 is 3.04 bits per heavy atom. The Kier molecular flexibility index (Phi) is 3.79. The van der Waals surface area contributed by atoms with Gasteiger partial charge in [-0.2, -0.15) is 0 Å². The highest BCUT2D eigenvalue weighted by Crippen LogP contribution is 2.22. The van der Waals surface area contributed by atoms with Gasteiger partial charge in [-0.25, -0.2) is 9.78 Å². The fourth-order valence-electron chi connectivity index (χ4n) is 3.27. The van der Waals surface area contributed by atoms with Crippen molar-refractivity contribution in [3.63, 3.8) is 0 Å². The number of benzene rings is 1. The lowest BCUT2D eigenvalue weighted by molar-refractivity contribution is 0.0535. The molecule has 4 rings (SSSR count). The van der Waals surface area contributed by atoms with E-state index < -0.39 is 0 Å². The van der Waals surface area contributed by atoms with Crippen LogP contribution in [-0.4, -0.2) is 28.9 Å². The average Bonchev–Trinajstić information content (AvgIpc) is 2.93. The third-order valence-corrected chi connectivity index (χ3v) is 4.77. The van der Waals surface area contributed by atoms with E-state index in [4.69, 9.17) is 16.3 Å². The van der Waals surface area contributed by atoms with Gasteiger partial charge in [0, 0.05) is 37.3 Å². The third kappa shape index (κ3) is 2.96. The van der Waals surface area contributed by atoms with Crippen LogP contribution in [0.2, 0.25) is 5.15 Å². The minimum Gasteiger partial charge on any atom is -0.457 e. The van der Waals surface area contributed by atoms with Gasteiger partial charge in [0.2, 0.25) is 0 Å². The summed E-state index contributed by atoms with van der Waals surface area (Å²) in [6, 6.07) is 9.96. The number of hydrogen-bond acceptors (Lipinski definition) is 4. The SMILES string of the molecule is O=C1OCc2cc(CCN3CCc4nc(Cl)ccc4C3)ccc21. The molecule has 0 amide bonds. The molecule has 4 nitrogen and oxygen atoms in total. The maximum absolute atomic E-state index is 11.5. The Hall–Kier alpha value is -1.91. The molecule has 5 heteroatoms. The second-order valence-corrected chi connectivity index (χ2v) is 6.47. The minimum atomic E-state index is -0.203. The van der Waals surface area contributed by atoms with Gasteiger partial charge in [0.05, 0.1) is 5.56 Å². The number of carbonyl (C=O) groups is 1. The van der Waals surface area contributed by atoms with Crippen LogP contribution in [0.5, 0.6) is 0 Å². The quantitative estimate of drug-likeness (QED) is 0.641. The van der Waals surface area contributed by atoms with Crippen LogP contribution in [-0.2, 0) is 30.7 Å². The Labute approximate surface area is 140 Å². The number of halogens is 1. The van der Waals surface area contributed by atoms with Crippen molar-refractivity contribution in [3.05, 3.63) is 63.4 Å². The molecule has 2 aliphatic heterocycles. The highest BCUT2D eigenvalue weighted by atomic mass is 35.5. The average molecular weight is 329 g/mol. The number of esters is 1. The minimum absolute atomic E-state index is 0.203. The molecule has 118 valence electrons. The van der Waals surface area contributed by atoms with Crippen molar-refractivity contribution in [1.82, 2.24) is 9.88 Å². The number of pyridine rings is 1. The maximum atomic E-state index is 11.5. The standard InChI is InChI=1S/C18H17ClN2O2/c19-17-4-2-13-10-21(8-6-16(13)20-17)7-5-12-1-3-15-14(9-12)11-23-18(15)22/h1-4,9H,5-8,10-11H2. The van der Waals surface area contributed by atoms with Gasteiger partial charge in [0.15, 0.2) is 0 Å². The van der Waals surface area contributed by atoms with Gasteiger partial charge in [-0.1, -0.05) is 29.8 Å². The number of fused-ring (bicyclic) bond motifs is 2. The van der Waals surface area contributed by atoms with E-state index in [1.165, 1.54) is 11.1 Å². The summed E-state index contributed by atoms with van der Waals surface area (Å²) in [7, 11) is 0. The van der Waals surface area contributed by atoms with Gasteiger partial charge in [0.25, 0.3) is 0 Å². The second kappa shape index (κ2) is 5.95. The molecular weight excluding hydrogens is 312 g/mol. The van der Waals surface area contributed by atoms with Gasteiger partial charge < -0.3 is 4.74 Å². The van der Waals surface area contributed by atoms with Gasteiger partial charge in [-0.05, 0) is 29.7 Å². The van der Waals surface area contributed by atoms with E-state index in [1.54, 1.807) is 0 Å². The highest BCUT2D eigenvalue weighted by Gasteiger charge is 2.21. The number of hydrogen-bond donors (Lipinski definition) is 0. The molecular formula is C18H17ClN2O2. The first-order chi connectivity index (χ1) is 11.2. The van der Waals surface area contributed by atoms with Gasteiger partial charge >= 0.3 is 5.97 Å². The lowest BCUT2D eigenvalue weighted by atomic mass is 10.0. The van der Waals surface area contributed by atoms with E-state index in [0.717, 1.165) is 43.7 Å². The topological polar surface area (TPSA) is 42.4 Å². The summed E-state index contributed by atoms with van der Waals surface area (Å²) in [5.74, 6) is -0.203. The van der Waals surface area contributed by atoms with Gasteiger partial charge in [-0.15, -0.1) is 0 Å². The largest absolute Gasteiger partial charge is 0.457 e. The second-order valence-electron chi connectivity index (χ2n) is 6.08. The smallest absolute Gasteiger partial charge is 0.338 e. The predicted molar refractivity (Wildman–Crippen MR) is 87.5 cm³/mol. The van der Waals surface area contributed by atoms with Crippen molar-refractivity contribution < 1.29 is 9.53 Å². The van der Waals surface area contributed by atoms with E-state index in [-0.39, 0.29) is 5.97 Å². The van der Waals surface area contributed by atoms with Crippen molar-refractivity contribution in [2.45, 2.75) is 26.0 Å². The fourth-order valence-corrected chi connectivity index (χ4v) is 3.43. The van der Waals surface area contributed by atoms with E-state index in [2.05, 4.69) is 22.0 Å². The molecule has 0 saturated heterocycles. The first-order valence-electron chi connectivity index (χ1n) is 7.84. The molecule has 0 N–H and O–H groups in total. The number of carbonyl (C=O) groups excluding carboxylic acids is 1. The summed E-state index contributed by atoms with van der Waals surface area (Å²) in [4.78, 5) is 18.3. The molecule has 0 bridgehead atoms. The van der Waals surface area contributed by atoms with Crippen LogP contribution in [0, 0.1) is 0 Å². The first kappa shape index (κ1) is 14.7. The predicted octanol–water partition coefficient (Wildman–Crippen LogP) is 3.01. The molecule has 0 aliphatic carbocycles. The normalized spacial score (nSPS) is 16.8. The zero-order valence-corrected chi connectivity index (χ0v) is 13.5. The molecule has 2 aromatic rings. The first-order valence-corrected chi connectivity index (χ1v) is 8.22. The number of ether oxygens (including phenoxy) is 1. The van der Waals surface area contributed by atoms with Crippen LogP contribution in [0.15, 0.2) is 30.3 Å². The molecule has 0 radical (unpaired) electrons. The Balaban J connectivity index is 1.40. The van der Waals surface area contributed by atoms with Gasteiger partial charge in [0.1, 0.15) is 11.8 Å². The maximum Gasteiger partial charge on any atom is 0.338 e. The van der Waals surface area contributed by atoms with Crippen molar-refractivity contribution in [2.24, 2.45) is 0 Å². The van der Waals surface area contributed by atoms with Gasteiger partial charge in [-0.3, -0.25) is 4.90 Å². The van der Waals surface area contributed by atoms with Crippen LogP contribution >= 0.6 is 11.6 Å². The van der Waals surface area contributed by atoms with Crippen molar-refractivity contribution in [1.29, 1.82) is 0 Å². The molecule has 3 heterocycles. The van der Waals surface area contributed by atoms with E-state index in [1.807, 2.05) is 18.2 Å². The molecule has 1 aromatic carbocycles. The molecule has 1 aromatic heterocycles. The van der Waals surface area contributed by atoms with Crippen molar-refractivity contribution in [3.8, 4) is 0 Å². The molecule has 0 unspecified atom stereocenters. The Morgan fingerprint density at radius 1 is 1.22 bits per heavy atom. The number of cyclic esters (lactones) is 1. The number of rotatable bonds is 3. The summed E-state index contributed by atoms with van der Waals surface area (Å²) in [5.41, 5.74) is 5.37. The highest BCUT2D eigenvalue weighted by molar-refractivity contribution is 6.29. The van der Waals surface area contributed by atoms with Crippen LogP contribution in [0.1, 0.15) is 32.7 Å². The van der Waals surface area contributed by atoms with Crippen molar-refractivity contribution in [2.75, 3.05) is 13.1 Å². The molecule has 0 atom stereocenters. The van der Waals surface area contributed by atoms with E-state index >= 15 is 0 Å². The lowest BCUT2D eigenvalue weighted by Crippen LogP contribution is -2.32. The zero-order valence-electron chi connectivity index (χ0n) is 12.7. The molecule has 0 fully saturated rings. The molecule has 0 spiro atoms. The number of nitrogens with zero attached hydrogens (tertiary/aromatic N) is 2. The fraction of sp³-hybridized carbons (Fsp3) is 0.333. The Morgan fingerprint density at radius 2 is 2.13 bits per heavy atom. The number of aromatic nitrogens is 1. The van der Waals surface area contributed by atoms with Crippen LogP contribution < -0.4 is 0 Å². The summed E-state index contributed by atoms with van der Waals surface area (Å²) < 4.78 is 5.05. The molecule has 2 aliphatic rings. The monoisotopic (exact) mass is 328 g/mol. The summed E-state index contributed by atoms with van der Waals surface area (Å²) in [6.45, 7) is 3.33. The van der Waals surface area contributed by atoms with Crippen molar-refractivity contribution >= 4 is 17.6 Å². The molecule has 23 heavy (non-hydrogen) atoms. The Bertz CT molecular complexity index is 776. The zero-order chi connectivity index (χ0) is 15.8. The summed E-state index contributed by atoms with van der Waals surface area (Å²) in [5, 5.41) is 0.576. The van der Waals surface area contributed by atoms with Crippen LogP contribution in [0.3, 0.4) is 0 Å². The van der Waals surface area contributed by atoms with E-state index in [9.17, 15) is 4.79 Å². The third-order valence-electron chi connectivity index (χ3n) is 4.56. The summed E-state index contributed by atoms with van der Waals surface area (Å²) in [6.07, 6.45) is 1.92.